The van der Waals surface area contributed by atoms with Crippen LogP contribution in [0.1, 0.15) is 38.5 Å². The number of hydrogen-bond donors (Lipinski definition) is 4. The van der Waals surface area contributed by atoms with Crippen LogP contribution in [0.2, 0.25) is 0 Å². The number of hydrogen-bond acceptors (Lipinski definition) is 8. The Kier molecular flexibility index (Phi) is 23.5. The number of quaternary nitrogens is 1. The second-order valence-electron chi connectivity index (χ2n) is 13.3. The maximum atomic E-state index is 13.6. The van der Waals surface area contributed by atoms with Gasteiger partial charge >= 0.3 is 37.1 Å². The van der Waals surface area contributed by atoms with Crippen LogP contribution in [0.5, 0.6) is 0 Å². The van der Waals surface area contributed by atoms with Gasteiger partial charge in [-0.25, -0.2) is 35.1 Å². The first-order chi connectivity index (χ1) is 25.7. The first-order valence-corrected chi connectivity index (χ1v) is 19.2. The van der Waals surface area contributed by atoms with Gasteiger partial charge in [0.25, 0.3) is 11.3 Å². The van der Waals surface area contributed by atoms with Crippen LogP contribution in [0.4, 0.5) is 87.8 Å². The number of rotatable bonds is 20. The highest BCUT2D eigenvalue weighted by Gasteiger charge is 2.75. The number of alkyl halides is 20. The molecule has 2 unspecified atom stereocenters. The Hall–Kier alpha value is -1.78. The quantitative estimate of drug-likeness (QED) is 0.0325. The third-order valence-electron chi connectivity index (χ3n) is 7.55. The zero-order valence-corrected chi connectivity index (χ0v) is 32.5. The fourth-order valence-electron chi connectivity index (χ4n) is 4.28. The summed E-state index contributed by atoms with van der Waals surface area (Å²) < 4.78 is 304. The molecule has 0 aromatic heterocycles. The van der Waals surface area contributed by atoms with Crippen molar-refractivity contribution >= 4 is 20.0 Å². The topological polar surface area (TPSA) is 159 Å². The van der Waals surface area contributed by atoms with Crippen molar-refractivity contribution < 1.29 is 120 Å². The first kappa shape index (κ1) is 61.5. The van der Waals surface area contributed by atoms with Crippen molar-refractivity contribution in [1.82, 2.24) is 14.3 Å². The van der Waals surface area contributed by atoms with Gasteiger partial charge in [0.2, 0.25) is 20.0 Å². The summed E-state index contributed by atoms with van der Waals surface area (Å²) in [6.07, 6.45) is -47.3. The van der Waals surface area contributed by atoms with E-state index in [2.05, 4.69) is 0 Å². The average molecular weight is 967 g/mol. The van der Waals surface area contributed by atoms with Gasteiger partial charge in [-0.2, -0.15) is 79.0 Å². The summed E-state index contributed by atoms with van der Waals surface area (Å²) in [5.41, 5.74) is -12.3. The molecule has 59 heavy (non-hydrogen) atoms. The highest BCUT2D eigenvalue weighted by Crippen LogP contribution is 2.53. The van der Waals surface area contributed by atoms with Crippen molar-refractivity contribution in [3.05, 3.63) is 5.21 Å². The van der Waals surface area contributed by atoms with Crippen LogP contribution in [-0.2, 0) is 20.0 Å². The van der Waals surface area contributed by atoms with Crippen molar-refractivity contribution in [1.29, 1.82) is 0 Å². The number of hydroxylamine groups is 3. The van der Waals surface area contributed by atoms with Crippen molar-refractivity contribution in [3.8, 4) is 0 Å². The molecule has 0 saturated heterocycles. The Labute approximate surface area is 324 Å². The van der Waals surface area contributed by atoms with Crippen LogP contribution < -0.4 is 9.44 Å². The lowest BCUT2D eigenvalue weighted by Gasteiger charge is -2.34. The Morgan fingerprint density at radius 3 is 1.05 bits per heavy atom. The van der Waals surface area contributed by atoms with Gasteiger partial charge < -0.3 is 14.8 Å². The van der Waals surface area contributed by atoms with E-state index in [0.717, 1.165) is 0 Å². The van der Waals surface area contributed by atoms with Gasteiger partial charge in [0.05, 0.1) is 44.0 Å². The number of sulfonamides is 2. The molecule has 0 fully saturated rings. The van der Waals surface area contributed by atoms with Gasteiger partial charge in [0.1, 0.15) is 0 Å². The summed E-state index contributed by atoms with van der Waals surface area (Å²) >= 11 is 0. The van der Waals surface area contributed by atoms with Crippen molar-refractivity contribution in [2.45, 2.75) is 86.9 Å². The fourth-order valence-corrected chi connectivity index (χ4v) is 6.66. The van der Waals surface area contributed by atoms with E-state index in [1.165, 1.54) is 14.1 Å². The molecule has 0 aromatic rings. The molecule has 0 aromatic carbocycles. The molecule has 0 saturated carbocycles. The third kappa shape index (κ3) is 22.8. The molecule has 2 atom stereocenters. The molecule has 33 heteroatoms. The van der Waals surface area contributed by atoms with E-state index in [1.54, 1.807) is 23.7 Å². The van der Waals surface area contributed by atoms with Gasteiger partial charge in [-0.1, -0.05) is 0 Å². The minimum Gasteiger partial charge on any atom is -0.633 e. The second-order valence-corrected chi connectivity index (χ2v) is 17.1. The molecule has 0 spiro atoms. The predicted octanol–water partition coefficient (Wildman–Crippen LogP) is 7.33. The normalized spacial score (nSPS) is 15.6. The minimum absolute atomic E-state index is 0.0336. The third-order valence-corrected chi connectivity index (χ3v) is 10.4. The highest BCUT2D eigenvalue weighted by molar-refractivity contribution is 7.89. The largest absolute Gasteiger partial charge is 0.633 e. The molecule has 11 nitrogen and oxygen atoms in total. The zero-order chi connectivity index (χ0) is 48.1. The molecule has 0 bridgehead atoms. The molecular formula is C26H42F20N4O7S2. The summed E-state index contributed by atoms with van der Waals surface area (Å²) in [6.45, 7) is -0.249. The van der Waals surface area contributed by atoms with Crippen molar-refractivity contribution in [2.75, 3.05) is 65.9 Å². The van der Waals surface area contributed by atoms with Crippen LogP contribution in [0.3, 0.4) is 0 Å². The average Bonchev–Trinajstić information content (AvgIpc) is 2.99. The van der Waals surface area contributed by atoms with E-state index in [-0.39, 0.29) is 32.5 Å². The molecule has 4 N–H and O–H groups in total. The van der Waals surface area contributed by atoms with Crippen molar-refractivity contribution in [3.63, 3.8) is 0 Å². The van der Waals surface area contributed by atoms with Gasteiger partial charge in [-0.3, -0.25) is 10.5 Å². The maximum absolute atomic E-state index is 13.6. The molecular weight excluding hydrogens is 924 g/mol. The Bertz CT molecular complexity index is 1400. The molecule has 0 radical (unpaired) electrons. The van der Waals surface area contributed by atoms with E-state index in [9.17, 15) is 110 Å². The summed E-state index contributed by atoms with van der Waals surface area (Å²) in [7, 11) is -3.16. The van der Waals surface area contributed by atoms with Gasteiger partial charge in [0, 0.05) is 32.4 Å². The Morgan fingerprint density at radius 1 is 0.559 bits per heavy atom. The monoisotopic (exact) mass is 966 g/mol. The van der Waals surface area contributed by atoms with E-state index in [0.29, 0.717) is 6.54 Å². The maximum Gasteiger partial charge on any atom is 0.431 e. The minimum atomic E-state index is -6.69. The molecule has 0 heterocycles. The molecule has 0 aliphatic carbocycles. The SMILES string of the molecule is CN(C)CCCNS(=O)(=O)CCC(CC(F)(C(F)(F)F)C(F)(F)F)C(F)(F)F.C[N+](C)([O-])CCCNS(=O)(=O)CCC(CC(F)(C(F)(F)F)C(F)(F)F)C(F)(F)F.OO. The first-order valence-electron chi connectivity index (χ1n) is 15.9. The van der Waals surface area contributed by atoms with Gasteiger partial charge in [-0.05, 0) is 39.9 Å². The van der Waals surface area contributed by atoms with Crippen molar-refractivity contribution in [2.24, 2.45) is 11.8 Å². The number of nitrogens with one attached hydrogen (secondary N) is 2. The molecule has 0 rings (SSSR count). The van der Waals surface area contributed by atoms with Crippen LogP contribution in [0, 0.1) is 17.0 Å². The zero-order valence-electron chi connectivity index (χ0n) is 30.8. The fraction of sp³-hybridized carbons (Fsp3) is 1.00. The second kappa shape index (κ2) is 22.5. The van der Waals surface area contributed by atoms with Gasteiger partial charge in [-0.15, -0.1) is 0 Å². The van der Waals surface area contributed by atoms with E-state index in [1.807, 2.05) is 4.72 Å². The number of nitrogens with zero attached hydrogens (tertiary/aromatic N) is 2. The Morgan fingerprint density at radius 2 is 0.831 bits per heavy atom. The Balaban J connectivity index is -0.00000102. The standard InChI is InChI=1S/C13H20F10N2O3S.C13H20F10N2O2S.H2O2/c1-25(2,26)6-3-5-24-29(27,28)7-4-9(11(15,16)17)8-10(14,12(18,19)20)13(21,22)23;1-25(2)6-3-5-24-28(26,27)7-4-9(11(15,16)17)8-10(14,12(18,19)20)13(21,22)23;1-2/h9,24H,3-8H2,1-2H3;9,24H,3-8H2,1-2H3;1-2H. The summed E-state index contributed by atoms with van der Waals surface area (Å²) in [6, 6.07) is 0. The number of halogens is 20. The van der Waals surface area contributed by atoms with Crippen LogP contribution in [0.25, 0.3) is 0 Å². The lowest BCUT2D eigenvalue weighted by atomic mass is 9.88. The predicted molar refractivity (Wildman–Crippen MR) is 166 cm³/mol. The molecule has 0 amide bonds. The van der Waals surface area contributed by atoms with Crippen LogP contribution in [0.15, 0.2) is 0 Å². The molecule has 360 valence electrons. The van der Waals surface area contributed by atoms with E-state index < -0.39 is 122 Å². The highest BCUT2D eigenvalue weighted by atomic mass is 32.2. The van der Waals surface area contributed by atoms with E-state index >= 15 is 0 Å². The van der Waals surface area contributed by atoms with Crippen LogP contribution >= 0.6 is 0 Å². The summed E-state index contributed by atoms with van der Waals surface area (Å²) in [5.74, 6) is -9.90. The van der Waals surface area contributed by atoms with Gasteiger partial charge in [0.15, 0.2) is 0 Å². The lowest BCUT2D eigenvalue weighted by molar-refractivity contribution is -0.840. The summed E-state index contributed by atoms with van der Waals surface area (Å²) in [5, 5.41) is 23.3. The smallest absolute Gasteiger partial charge is 0.431 e. The van der Waals surface area contributed by atoms with E-state index in [4.69, 9.17) is 10.5 Å². The lowest BCUT2D eigenvalue weighted by Crippen LogP contribution is -2.55. The summed E-state index contributed by atoms with van der Waals surface area (Å²) in [4.78, 5) is 1.67. The van der Waals surface area contributed by atoms with Crippen LogP contribution in [-0.4, -0.2) is 151 Å². The molecule has 0 aliphatic heterocycles. The molecule has 0 aliphatic rings.